The van der Waals surface area contributed by atoms with Crippen LogP contribution in [-0.4, -0.2) is 24.5 Å². The first kappa shape index (κ1) is 16.5. The summed E-state index contributed by atoms with van der Waals surface area (Å²) < 4.78 is 5.60. The van der Waals surface area contributed by atoms with E-state index in [1.165, 1.54) is 0 Å². The fourth-order valence-corrected chi connectivity index (χ4v) is 3.46. The summed E-state index contributed by atoms with van der Waals surface area (Å²) in [4.78, 5) is 27.3. The van der Waals surface area contributed by atoms with Crippen molar-refractivity contribution in [1.82, 2.24) is 5.32 Å². The number of para-hydroxylation sites is 2. The summed E-state index contributed by atoms with van der Waals surface area (Å²) >= 11 is 1.61. The standard InChI is InChI=1S/C18H20N2O3S/c1-12(16-8-5-11-24-16)19-17(21)9-10-20-14-6-3-4-7-15(14)23-13(2)18(20)22/h3-8,11-13H,9-10H2,1-2H3,(H,19,21)/t12-,13+/m1/s1. The van der Waals surface area contributed by atoms with Crippen molar-refractivity contribution in [3.05, 3.63) is 46.7 Å². The fraction of sp³-hybridized carbons (Fsp3) is 0.333. The molecule has 2 amide bonds. The molecule has 2 atom stereocenters. The van der Waals surface area contributed by atoms with Crippen LogP contribution in [0.3, 0.4) is 0 Å². The Hall–Kier alpha value is -2.34. The SMILES string of the molecule is C[C@@H]1Oc2ccccc2N(CCC(=O)N[C@H](C)c2cccs2)C1=O. The molecule has 126 valence electrons. The number of benzene rings is 1. The highest BCUT2D eigenvalue weighted by molar-refractivity contribution is 7.10. The Morgan fingerprint density at radius 1 is 1.33 bits per heavy atom. The van der Waals surface area contributed by atoms with Crippen molar-refractivity contribution in [2.45, 2.75) is 32.4 Å². The molecule has 1 aliphatic heterocycles. The first-order valence-electron chi connectivity index (χ1n) is 7.96. The highest BCUT2D eigenvalue weighted by Gasteiger charge is 2.31. The molecule has 1 N–H and O–H groups in total. The fourth-order valence-electron chi connectivity index (χ4n) is 2.73. The van der Waals surface area contributed by atoms with E-state index in [9.17, 15) is 9.59 Å². The van der Waals surface area contributed by atoms with Crippen molar-refractivity contribution in [1.29, 1.82) is 0 Å². The number of nitrogens with one attached hydrogen (secondary N) is 1. The van der Waals surface area contributed by atoms with Crippen molar-refractivity contribution in [3.8, 4) is 5.75 Å². The van der Waals surface area contributed by atoms with Crippen LogP contribution in [0.1, 0.15) is 31.2 Å². The number of hydrogen-bond donors (Lipinski definition) is 1. The zero-order valence-electron chi connectivity index (χ0n) is 13.7. The highest BCUT2D eigenvalue weighted by atomic mass is 32.1. The summed E-state index contributed by atoms with van der Waals surface area (Å²) in [7, 11) is 0. The number of fused-ring (bicyclic) bond motifs is 1. The van der Waals surface area contributed by atoms with Crippen molar-refractivity contribution < 1.29 is 14.3 Å². The minimum Gasteiger partial charge on any atom is -0.479 e. The molecule has 0 unspecified atom stereocenters. The van der Waals surface area contributed by atoms with Gasteiger partial charge in [-0.2, -0.15) is 0 Å². The van der Waals surface area contributed by atoms with Gasteiger partial charge < -0.3 is 15.0 Å². The summed E-state index contributed by atoms with van der Waals surface area (Å²) in [5.41, 5.74) is 0.722. The molecule has 1 aromatic heterocycles. The average Bonchev–Trinajstić information content (AvgIpc) is 3.10. The largest absolute Gasteiger partial charge is 0.479 e. The van der Waals surface area contributed by atoms with Crippen molar-refractivity contribution in [3.63, 3.8) is 0 Å². The van der Waals surface area contributed by atoms with E-state index in [1.54, 1.807) is 23.2 Å². The monoisotopic (exact) mass is 344 g/mol. The second-order valence-electron chi connectivity index (χ2n) is 5.77. The first-order chi connectivity index (χ1) is 11.6. The van der Waals surface area contributed by atoms with E-state index in [-0.39, 0.29) is 24.3 Å². The number of amides is 2. The van der Waals surface area contributed by atoms with Crippen LogP contribution in [0.4, 0.5) is 5.69 Å². The molecule has 0 aliphatic carbocycles. The van der Waals surface area contributed by atoms with Crippen LogP contribution in [0.15, 0.2) is 41.8 Å². The van der Waals surface area contributed by atoms with Crippen molar-refractivity contribution in [2.75, 3.05) is 11.4 Å². The molecule has 0 spiro atoms. The normalized spacial score (nSPS) is 17.8. The zero-order chi connectivity index (χ0) is 17.1. The molecule has 24 heavy (non-hydrogen) atoms. The van der Waals surface area contributed by atoms with E-state index >= 15 is 0 Å². The second-order valence-corrected chi connectivity index (χ2v) is 6.75. The van der Waals surface area contributed by atoms with Gasteiger partial charge >= 0.3 is 0 Å². The van der Waals surface area contributed by atoms with Crippen LogP contribution in [0.25, 0.3) is 0 Å². The quantitative estimate of drug-likeness (QED) is 0.906. The molecule has 1 aliphatic rings. The number of carbonyl (C=O) groups excluding carboxylic acids is 2. The Bertz CT molecular complexity index is 730. The van der Waals surface area contributed by atoms with Gasteiger partial charge in [-0.05, 0) is 37.4 Å². The van der Waals surface area contributed by atoms with Gasteiger partial charge in [0, 0.05) is 17.8 Å². The van der Waals surface area contributed by atoms with E-state index in [0.29, 0.717) is 12.3 Å². The molecule has 0 fully saturated rings. The number of ether oxygens (including phenoxy) is 1. The summed E-state index contributed by atoms with van der Waals surface area (Å²) in [5.74, 6) is 0.491. The predicted octanol–water partition coefficient (Wildman–Crippen LogP) is 3.13. The van der Waals surface area contributed by atoms with Crippen LogP contribution >= 0.6 is 11.3 Å². The lowest BCUT2D eigenvalue weighted by Gasteiger charge is -2.32. The van der Waals surface area contributed by atoms with Crippen LogP contribution in [0.2, 0.25) is 0 Å². The van der Waals surface area contributed by atoms with E-state index in [4.69, 9.17) is 4.74 Å². The minimum atomic E-state index is -0.534. The van der Waals surface area contributed by atoms with Crippen molar-refractivity contribution in [2.24, 2.45) is 0 Å². The number of rotatable bonds is 5. The van der Waals surface area contributed by atoms with Gasteiger partial charge in [-0.15, -0.1) is 11.3 Å². The molecule has 3 rings (SSSR count). The third kappa shape index (κ3) is 3.43. The Morgan fingerprint density at radius 2 is 2.12 bits per heavy atom. The van der Waals surface area contributed by atoms with Gasteiger partial charge in [0.2, 0.25) is 5.91 Å². The van der Waals surface area contributed by atoms with Gasteiger partial charge in [-0.1, -0.05) is 18.2 Å². The number of anilines is 1. The molecular weight excluding hydrogens is 324 g/mol. The molecule has 1 aromatic carbocycles. The van der Waals surface area contributed by atoms with Crippen LogP contribution in [0.5, 0.6) is 5.75 Å². The molecule has 5 nitrogen and oxygen atoms in total. The van der Waals surface area contributed by atoms with Crippen molar-refractivity contribution >= 4 is 28.8 Å². The molecule has 2 heterocycles. The minimum absolute atomic E-state index is 0.0240. The maximum absolute atomic E-state index is 12.4. The Morgan fingerprint density at radius 3 is 2.88 bits per heavy atom. The smallest absolute Gasteiger partial charge is 0.267 e. The summed E-state index contributed by atoms with van der Waals surface area (Å²) in [5, 5.41) is 4.96. The predicted molar refractivity (Wildman–Crippen MR) is 94.4 cm³/mol. The third-order valence-electron chi connectivity index (χ3n) is 3.98. The summed E-state index contributed by atoms with van der Waals surface area (Å²) in [6.07, 6.45) is -0.282. The summed E-state index contributed by atoms with van der Waals surface area (Å²) in [6, 6.07) is 11.3. The molecular formula is C18H20N2O3S. The molecule has 0 saturated carbocycles. The van der Waals surface area contributed by atoms with Gasteiger partial charge in [-0.25, -0.2) is 0 Å². The zero-order valence-corrected chi connectivity index (χ0v) is 14.5. The maximum atomic E-state index is 12.4. The Balaban J connectivity index is 1.63. The topological polar surface area (TPSA) is 58.6 Å². The number of nitrogens with zero attached hydrogens (tertiary/aromatic N) is 1. The Kier molecular flexibility index (Phi) is 4.85. The number of thiophene rings is 1. The number of hydrogen-bond acceptors (Lipinski definition) is 4. The van der Waals surface area contributed by atoms with E-state index in [0.717, 1.165) is 10.6 Å². The molecule has 0 bridgehead atoms. The van der Waals surface area contributed by atoms with Crippen LogP contribution < -0.4 is 15.0 Å². The van der Waals surface area contributed by atoms with Crippen LogP contribution in [0, 0.1) is 0 Å². The van der Waals surface area contributed by atoms with Crippen LogP contribution in [-0.2, 0) is 9.59 Å². The highest BCUT2D eigenvalue weighted by Crippen LogP contribution is 2.33. The lowest BCUT2D eigenvalue weighted by atomic mass is 10.1. The third-order valence-corrected chi connectivity index (χ3v) is 5.04. The molecule has 6 heteroatoms. The van der Waals surface area contributed by atoms with E-state index < -0.39 is 6.10 Å². The number of carbonyl (C=O) groups is 2. The lowest BCUT2D eigenvalue weighted by molar-refractivity contribution is -0.125. The summed E-state index contributed by atoms with van der Waals surface area (Å²) in [6.45, 7) is 4.03. The van der Waals surface area contributed by atoms with E-state index in [1.807, 2.05) is 48.7 Å². The van der Waals surface area contributed by atoms with Gasteiger partial charge in [0.05, 0.1) is 11.7 Å². The second kappa shape index (κ2) is 7.05. The average molecular weight is 344 g/mol. The van der Waals surface area contributed by atoms with Gasteiger partial charge in [0.25, 0.3) is 5.91 Å². The molecule has 0 saturated heterocycles. The molecule has 2 aromatic rings. The first-order valence-corrected chi connectivity index (χ1v) is 8.84. The van der Waals surface area contributed by atoms with Gasteiger partial charge in [0.15, 0.2) is 6.10 Å². The van der Waals surface area contributed by atoms with Gasteiger partial charge in [0.1, 0.15) is 5.75 Å². The molecule has 0 radical (unpaired) electrons. The Labute approximate surface area is 145 Å². The van der Waals surface area contributed by atoms with Gasteiger partial charge in [-0.3, -0.25) is 9.59 Å². The lowest BCUT2D eigenvalue weighted by Crippen LogP contribution is -2.45. The maximum Gasteiger partial charge on any atom is 0.267 e. The van der Waals surface area contributed by atoms with E-state index in [2.05, 4.69) is 5.32 Å².